The van der Waals surface area contributed by atoms with Gasteiger partial charge in [0.05, 0.1) is 18.1 Å². The summed E-state index contributed by atoms with van der Waals surface area (Å²) in [7, 11) is 0. The van der Waals surface area contributed by atoms with Gasteiger partial charge in [-0.3, -0.25) is 19.2 Å². The standard InChI is InChI=1S/C20H26N4O2/c25-19-5-1-4-18(19)23-9-6-15(7-10-23)13-24-14-22-17(11-20(24)26)16-3-2-8-21-12-16/h2-3,8,11-12,14-15,18-19,25H,1,4-7,9-10,13H2. The summed E-state index contributed by atoms with van der Waals surface area (Å²) >= 11 is 0. The lowest BCUT2D eigenvalue weighted by atomic mass is 9.95. The minimum atomic E-state index is -0.154. The van der Waals surface area contributed by atoms with E-state index in [0.717, 1.165) is 57.3 Å². The number of hydrogen-bond acceptors (Lipinski definition) is 5. The van der Waals surface area contributed by atoms with E-state index in [1.807, 2.05) is 12.1 Å². The molecule has 1 aliphatic carbocycles. The lowest BCUT2D eigenvalue weighted by molar-refractivity contribution is 0.0460. The van der Waals surface area contributed by atoms with Gasteiger partial charge in [0.15, 0.2) is 0 Å². The van der Waals surface area contributed by atoms with Crippen LogP contribution >= 0.6 is 0 Å². The molecule has 1 saturated heterocycles. The van der Waals surface area contributed by atoms with Gasteiger partial charge in [0.2, 0.25) is 0 Å². The highest BCUT2D eigenvalue weighted by Gasteiger charge is 2.32. The molecular formula is C20H26N4O2. The van der Waals surface area contributed by atoms with Gasteiger partial charge in [-0.25, -0.2) is 4.98 Å². The second-order valence-corrected chi connectivity index (χ2v) is 7.55. The zero-order valence-corrected chi connectivity index (χ0v) is 15.0. The highest BCUT2D eigenvalue weighted by molar-refractivity contribution is 5.56. The number of hydrogen-bond donors (Lipinski definition) is 1. The molecule has 1 N–H and O–H groups in total. The van der Waals surface area contributed by atoms with E-state index in [-0.39, 0.29) is 11.7 Å². The van der Waals surface area contributed by atoms with Crippen LogP contribution in [0.3, 0.4) is 0 Å². The summed E-state index contributed by atoms with van der Waals surface area (Å²) in [6, 6.07) is 5.70. The fourth-order valence-electron chi connectivity index (χ4n) is 4.33. The first-order chi connectivity index (χ1) is 12.7. The summed E-state index contributed by atoms with van der Waals surface area (Å²) in [5, 5.41) is 10.1. The smallest absolute Gasteiger partial charge is 0.253 e. The topological polar surface area (TPSA) is 71.2 Å². The molecule has 3 heterocycles. The predicted octanol–water partition coefficient (Wildman–Crippen LogP) is 1.93. The molecule has 1 aliphatic heterocycles. The molecule has 2 atom stereocenters. The Morgan fingerprint density at radius 2 is 2.04 bits per heavy atom. The molecule has 6 heteroatoms. The van der Waals surface area contributed by atoms with Gasteiger partial charge in [0.25, 0.3) is 5.56 Å². The van der Waals surface area contributed by atoms with Crippen LogP contribution in [0.25, 0.3) is 11.3 Å². The van der Waals surface area contributed by atoms with Crippen LogP contribution in [0.2, 0.25) is 0 Å². The van der Waals surface area contributed by atoms with Crippen LogP contribution in [0.15, 0.2) is 41.7 Å². The van der Waals surface area contributed by atoms with E-state index in [4.69, 9.17) is 0 Å². The lowest BCUT2D eigenvalue weighted by Crippen LogP contribution is -2.45. The van der Waals surface area contributed by atoms with Gasteiger partial charge < -0.3 is 5.11 Å². The number of pyridine rings is 1. The number of likely N-dealkylation sites (tertiary alicyclic amines) is 1. The zero-order chi connectivity index (χ0) is 17.9. The fraction of sp³-hybridized carbons (Fsp3) is 0.550. The molecule has 2 aromatic rings. The first kappa shape index (κ1) is 17.4. The first-order valence-corrected chi connectivity index (χ1v) is 9.60. The highest BCUT2D eigenvalue weighted by atomic mass is 16.3. The first-order valence-electron chi connectivity index (χ1n) is 9.60. The summed E-state index contributed by atoms with van der Waals surface area (Å²) in [6.07, 6.45) is 10.3. The van der Waals surface area contributed by atoms with Gasteiger partial charge >= 0.3 is 0 Å². The van der Waals surface area contributed by atoms with Crippen molar-refractivity contribution < 1.29 is 5.11 Å². The van der Waals surface area contributed by atoms with Crippen LogP contribution in [0.5, 0.6) is 0 Å². The van der Waals surface area contributed by atoms with E-state index in [1.54, 1.807) is 29.4 Å². The van der Waals surface area contributed by atoms with Gasteiger partial charge in [-0.2, -0.15) is 0 Å². The normalized spacial score (nSPS) is 24.8. The van der Waals surface area contributed by atoms with Crippen molar-refractivity contribution in [2.24, 2.45) is 5.92 Å². The molecule has 6 nitrogen and oxygen atoms in total. The zero-order valence-electron chi connectivity index (χ0n) is 15.0. The van der Waals surface area contributed by atoms with E-state index in [9.17, 15) is 9.90 Å². The molecule has 1 saturated carbocycles. The lowest BCUT2D eigenvalue weighted by Gasteiger charge is -2.37. The van der Waals surface area contributed by atoms with Crippen molar-refractivity contribution in [2.45, 2.75) is 50.8 Å². The maximum atomic E-state index is 12.5. The molecule has 0 aromatic carbocycles. The summed E-state index contributed by atoms with van der Waals surface area (Å²) < 4.78 is 1.73. The number of piperidine rings is 1. The number of aliphatic hydroxyl groups excluding tert-OH is 1. The van der Waals surface area contributed by atoms with Crippen molar-refractivity contribution >= 4 is 0 Å². The quantitative estimate of drug-likeness (QED) is 0.908. The van der Waals surface area contributed by atoms with Crippen molar-refractivity contribution in [1.29, 1.82) is 0 Å². The Bertz CT molecular complexity index is 784. The third-order valence-corrected chi connectivity index (χ3v) is 5.85. The van der Waals surface area contributed by atoms with Crippen molar-refractivity contribution in [3.63, 3.8) is 0 Å². The Morgan fingerprint density at radius 3 is 2.69 bits per heavy atom. The van der Waals surface area contributed by atoms with Gasteiger partial charge in [-0.1, -0.05) is 0 Å². The van der Waals surface area contributed by atoms with E-state index in [0.29, 0.717) is 17.7 Å². The molecule has 0 spiro atoms. The van der Waals surface area contributed by atoms with Crippen LogP contribution < -0.4 is 5.56 Å². The van der Waals surface area contributed by atoms with E-state index < -0.39 is 0 Å². The molecule has 0 amide bonds. The SMILES string of the molecule is O=c1cc(-c2cccnc2)ncn1CC1CCN(C2CCCC2O)CC1. The number of nitrogens with zero attached hydrogens (tertiary/aromatic N) is 4. The summed E-state index contributed by atoms with van der Waals surface area (Å²) in [6.45, 7) is 2.75. The van der Waals surface area contributed by atoms with E-state index in [2.05, 4.69) is 14.9 Å². The van der Waals surface area contributed by atoms with Gasteiger partial charge in [-0.15, -0.1) is 0 Å². The molecule has 138 valence electrons. The molecule has 4 rings (SSSR count). The third kappa shape index (κ3) is 3.71. The molecular weight excluding hydrogens is 328 g/mol. The minimum Gasteiger partial charge on any atom is -0.391 e. The van der Waals surface area contributed by atoms with Crippen molar-refractivity contribution in [3.8, 4) is 11.3 Å². The molecule has 2 aliphatic rings. The molecule has 2 unspecified atom stereocenters. The maximum absolute atomic E-state index is 12.5. The fourth-order valence-corrected chi connectivity index (χ4v) is 4.33. The van der Waals surface area contributed by atoms with Crippen LogP contribution in [-0.2, 0) is 6.54 Å². The van der Waals surface area contributed by atoms with Crippen LogP contribution in [-0.4, -0.2) is 49.8 Å². The Morgan fingerprint density at radius 1 is 1.19 bits per heavy atom. The minimum absolute atomic E-state index is 0.00695. The van der Waals surface area contributed by atoms with Gasteiger partial charge in [-0.05, 0) is 63.2 Å². The average molecular weight is 354 g/mol. The summed E-state index contributed by atoms with van der Waals surface area (Å²) in [5.41, 5.74) is 1.53. The maximum Gasteiger partial charge on any atom is 0.253 e. The van der Waals surface area contributed by atoms with Gasteiger partial charge in [0, 0.05) is 36.6 Å². The average Bonchev–Trinajstić information content (AvgIpc) is 3.11. The summed E-state index contributed by atoms with van der Waals surface area (Å²) in [5.74, 6) is 0.494. The van der Waals surface area contributed by atoms with E-state index >= 15 is 0 Å². The monoisotopic (exact) mass is 354 g/mol. The number of aromatic nitrogens is 3. The van der Waals surface area contributed by atoms with Crippen LogP contribution in [0, 0.1) is 5.92 Å². The van der Waals surface area contributed by atoms with E-state index in [1.165, 1.54) is 0 Å². The van der Waals surface area contributed by atoms with Crippen LogP contribution in [0.4, 0.5) is 0 Å². The second kappa shape index (κ2) is 7.68. The Labute approximate surface area is 153 Å². The number of rotatable bonds is 4. The van der Waals surface area contributed by atoms with Crippen molar-refractivity contribution in [1.82, 2.24) is 19.4 Å². The molecule has 2 fully saturated rings. The second-order valence-electron chi connectivity index (χ2n) is 7.55. The summed E-state index contributed by atoms with van der Waals surface area (Å²) in [4.78, 5) is 23.4. The Balaban J connectivity index is 1.37. The largest absolute Gasteiger partial charge is 0.391 e. The molecule has 0 bridgehead atoms. The molecule has 26 heavy (non-hydrogen) atoms. The Kier molecular flexibility index (Phi) is 5.13. The van der Waals surface area contributed by atoms with Crippen LogP contribution in [0.1, 0.15) is 32.1 Å². The molecule has 0 radical (unpaired) electrons. The molecule has 2 aromatic heterocycles. The van der Waals surface area contributed by atoms with Crippen molar-refractivity contribution in [2.75, 3.05) is 13.1 Å². The highest BCUT2D eigenvalue weighted by Crippen LogP contribution is 2.28. The number of aliphatic hydroxyl groups is 1. The van der Waals surface area contributed by atoms with Crippen molar-refractivity contribution in [3.05, 3.63) is 47.3 Å². The predicted molar refractivity (Wildman–Crippen MR) is 99.7 cm³/mol. The third-order valence-electron chi connectivity index (χ3n) is 5.85. The Hall–Kier alpha value is -2.05. The van der Waals surface area contributed by atoms with Gasteiger partial charge in [0.1, 0.15) is 0 Å².